The number of ether oxygens (including phenoxy) is 2. The summed E-state index contributed by atoms with van der Waals surface area (Å²) in [6.07, 6.45) is -6.86. The SMILES string of the molecule is C=C(C)CCC(=O)[C@](C)(O)[C@H]1[C@H](O)C[C@@]2(C)[C@@H]3CCc4c(cc(OC5OC(CO)C(O)C(O)C5O)c(O)c4C)[C@@]3(C)C(=O)C[C@]12C. The van der Waals surface area contributed by atoms with Crippen LogP contribution in [0.25, 0.3) is 0 Å². The van der Waals surface area contributed by atoms with Gasteiger partial charge in [0.25, 0.3) is 0 Å². The number of phenolic OH excluding ortho intramolecular Hbond substituents is 1. The molecule has 12 atom stereocenters. The predicted octanol–water partition coefficient (Wildman–Crippen LogP) is 1.74. The maximum absolute atomic E-state index is 14.6. The van der Waals surface area contributed by atoms with E-state index in [9.17, 15) is 45.3 Å². The van der Waals surface area contributed by atoms with E-state index in [-0.39, 0.29) is 48.2 Å². The smallest absolute Gasteiger partial charge is 0.229 e. The summed E-state index contributed by atoms with van der Waals surface area (Å²) in [6, 6.07) is 1.56. The molecule has 1 aliphatic heterocycles. The van der Waals surface area contributed by atoms with Crippen molar-refractivity contribution >= 4 is 11.6 Å². The first kappa shape index (κ1) is 34.9. The van der Waals surface area contributed by atoms with E-state index in [1.54, 1.807) is 13.0 Å². The van der Waals surface area contributed by atoms with Crippen LogP contribution < -0.4 is 4.74 Å². The zero-order chi connectivity index (χ0) is 34.3. The van der Waals surface area contributed by atoms with Gasteiger partial charge in [-0.25, -0.2) is 0 Å². The fourth-order valence-corrected chi connectivity index (χ4v) is 9.73. The van der Waals surface area contributed by atoms with Crippen LogP contribution in [-0.2, 0) is 26.2 Å². The molecule has 256 valence electrons. The van der Waals surface area contributed by atoms with Crippen LogP contribution in [0, 0.1) is 29.6 Å². The third-order valence-corrected chi connectivity index (χ3v) is 12.5. The number of rotatable bonds is 8. The van der Waals surface area contributed by atoms with Crippen molar-refractivity contribution in [2.24, 2.45) is 22.7 Å². The molecule has 7 N–H and O–H groups in total. The highest BCUT2D eigenvalue weighted by Crippen LogP contribution is 2.72. The largest absolute Gasteiger partial charge is 0.504 e. The number of phenols is 1. The third-order valence-electron chi connectivity index (χ3n) is 12.5. The van der Waals surface area contributed by atoms with Crippen molar-refractivity contribution < 1.29 is 54.8 Å². The van der Waals surface area contributed by atoms with Gasteiger partial charge in [0.05, 0.1) is 18.1 Å². The molecule has 1 aromatic carbocycles. The fourth-order valence-electron chi connectivity index (χ4n) is 9.73. The zero-order valence-electron chi connectivity index (χ0n) is 27.6. The van der Waals surface area contributed by atoms with E-state index in [1.807, 2.05) is 27.7 Å². The molecule has 0 amide bonds. The molecule has 5 unspecified atom stereocenters. The number of hydrogen-bond donors (Lipinski definition) is 7. The minimum atomic E-state index is -1.86. The van der Waals surface area contributed by atoms with Crippen LogP contribution in [-0.4, -0.2) is 96.3 Å². The zero-order valence-corrected chi connectivity index (χ0v) is 27.6. The Hall–Kier alpha value is -2.38. The maximum Gasteiger partial charge on any atom is 0.229 e. The maximum atomic E-state index is 14.6. The summed E-state index contributed by atoms with van der Waals surface area (Å²) < 4.78 is 11.4. The van der Waals surface area contributed by atoms with Gasteiger partial charge in [-0.05, 0) is 92.9 Å². The van der Waals surface area contributed by atoms with Crippen molar-refractivity contribution in [1.29, 1.82) is 0 Å². The summed E-state index contributed by atoms with van der Waals surface area (Å²) in [7, 11) is 0. The van der Waals surface area contributed by atoms with Crippen LogP contribution in [0.1, 0.15) is 83.4 Å². The normalized spacial score (nSPS) is 41.6. The van der Waals surface area contributed by atoms with Gasteiger partial charge in [-0.15, -0.1) is 6.58 Å². The Morgan fingerprint density at radius 3 is 2.37 bits per heavy atom. The Labute approximate surface area is 269 Å². The highest BCUT2D eigenvalue weighted by molar-refractivity contribution is 5.94. The van der Waals surface area contributed by atoms with Gasteiger partial charge in [-0.1, -0.05) is 19.4 Å². The molecule has 11 nitrogen and oxygen atoms in total. The van der Waals surface area contributed by atoms with E-state index < -0.39 is 71.2 Å². The molecule has 4 aliphatic rings. The molecule has 0 aromatic heterocycles. The lowest BCUT2D eigenvalue weighted by molar-refractivity contribution is -0.277. The Balaban J connectivity index is 1.54. The number of fused-ring (bicyclic) bond motifs is 5. The van der Waals surface area contributed by atoms with Crippen molar-refractivity contribution in [1.82, 2.24) is 0 Å². The topological polar surface area (TPSA) is 194 Å². The van der Waals surface area contributed by atoms with Crippen LogP contribution in [0.3, 0.4) is 0 Å². The van der Waals surface area contributed by atoms with Crippen LogP contribution in [0.4, 0.5) is 0 Å². The number of carbonyl (C=O) groups is 2. The van der Waals surface area contributed by atoms with Gasteiger partial charge in [-0.2, -0.15) is 0 Å². The first-order valence-corrected chi connectivity index (χ1v) is 16.2. The lowest BCUT2D eigenvalue weighted by Gasteiger charge is -2.61. The van der Waals surface area contributed by atoms with Gasteiger partial charge in [-0.3, -0.25) is 9.59 Å². The minimum Gasteiger partial charge on any atom is -0.504 e. The summed E-state index contributed by atoms with van der Waals surface area (Å²) in [5.74, 6) is -2.00. The standard InChI is InChI=1S/C35H50O11/c1-16(2)8-11-24(38)35(7,44)30-20(37)13-32(4)23-10-9-18-17(3)26(40)21(12-19(18)34(23,6)25(39)14-33(30,32)5)45-31-29(43)28(42)27(41)22(15-36)46-31/h12,20,22-23,27-31,36-37,40-44H,1,8-11,13-15H2,2-7H3/t20-,22?,23+,27?,28?,29?,30+,31?,32+,33-,34-,35+/m1/s1. The molecule has 1 saturated heterocycles. The second-order valence-corrected chi connectivity index (χ2v) is 15.2. The highest BCUT2D eigenvalue weighted by atomic mass is 16.7. The molecule has 5 rings (SSSR count). The minimum absolute atomic E-state index is 0.00437. The first-order valence-electron chi connectivity index (χ1n) is 16.2. The summed E-state index contributed by atoms with van der Waals surface area (Å²) in [6.45, 7) is 14.0. The number of aliphatic hydroxyl groups is 6. The average Bonchev–Trinajstić information content (AvgIpc) is 3.19. The first-order chi connectivity index (χ1) is 21.3. The van der Waals surface area contributed by atoms with Gasteiger partial charge in [0, 0.05) is 18.8 Å². The van der Waals surface area contributed by atoms with Crippen molar-refractivity contribution in [2.75, 3.05) is 6.61 Å². The number of hydrogen-bond acceptors (Lipinski definition) is 11. The molecule has 3 aliphatic carbocycles. The van der Waals surface area contributed by atoms with E-state index in [4.69, 9.17) is 9.47 Å². The molecule has 1 aromatic rings. The molecule has 46 heavy (non-hydrogen) atoms. The van der Waals surface area contributed by atoms with Crippen molar-refractivity contribution in [3.05, 3.63) is 34.9 Å². The molecule has 1 heterocycles. The fraction of sp³-hybridized carbons (Fsp3) is 0.714. The third kappa shape index (κ3) is 4.88. The molecule has 0 radical (unpaired) electrons. The van der Waals surface area contributed by atoms with Gasteiger partial charge in [0.15, 0.2) is 17.3 Å². The summed E-state index contributed by atoms with van der Waals surface area (Å²) in [4.78, 5) is 28.0. The summed E-state index contributed by atoms with van der Waals surface area (Å²) in [5, 5.41) is 75.2. The lowest BCUT2D eigenvalue weighted by Crippen LogP contribution is -2.63. The number of Topliss-reactive ketones (excluding diaryl/α,β-unsaturated/α-hetero) is 2. The van der Waals surface area contributed by atoms with Gasteiger partial charge in [0.1, 0.15) is 35.8 Å². The number of aromatic hydroxyl groups is 1. The molecule has 3 fully saturated rings. The van der Waals surface area contributed by atoms with Gasteiger partial charge >= 0.3 is 0 Å². The Morgan fingerprint density at radius 1 is 1.11 bits per heavy atom. The molecule has 2 saturated carbocycles. The van der Waals surface area contributed by atoms with Crippen molar-refractivity contribution in [3.63, 3.8) is 0 Å². The van der Waals surface area contributed by atoms with E-state index in [0.29, 0.717) is 30.4 Å². The average molecular weight is 647 g/mol. The van der Waals surface area contributed by atoms with Crippen molar-refractivity contribution in [2.45, 2.75) is 128 Å². The highest BCUT2D eigenvalue weighted by Gasteiger charge is 2.73. The van der Waals surface area contributed by atoms with Crippen molar-refractivity contribution in [3.8, 4) is 11.5 Å². The van der Waals surface area contributed by atoms with E-state index >= 15 is 0 Å². The van der Waals surface area contributed by atoms with Crippen LogP contribution >= 0.6 is 0 Å². The second kappa shape index (κ2) is 11.6. The Kier molecular flexibility index (Phi) is 8.85. The van der Waals surface area contributed by atoms with Crippen LogP contribution in [0.5, 0.6) is 11.5 Å². The quantitative estimate of drug-likeness (QED) is 0.203. The van der Waals surface area contributed by atoms with Crippen LogP contribution in [0.15, 0.2) is 18.2 Å². The van der Waals surface area contributed by atoms with E-state index in [1.165, 1.54) is 6.92 Å². The molecular formula is C35H50O11. The predicted molar refractivity (Wildman–Crippen MR) is 166 cm³/mol. The van der Waals surface area contributed by atoms with Gasteiger partial charge in [0.2, 0.25) is 6.29 Å². The molecule has 0 spiro atoms. The summed E-state index contributed by atoms with van der Waals surface area (Å²) >= 11 is 0. The Morgan fingerprint density at radius 2 is 1.76 bits per heavy atom. The second-order valence-electron chi connectivity index (χ2n) is 15.2. The lowest BCUT2D eigenvalue weighted by atomic mass is 9.41. The molecular weight excluding hydrogens is 596 g/mol. The molecule has 11 heteroatoms. The van der Waals surface area contributed by atoms with E-state index in [0.717, 1.165) is 11.1 Å². The monoisotopic (exact) mass is 646 g/mol. The number of ketones is 2. The summed E-state index contributed by atoms with van der Waals surface area (Å²) in [5.41, 5.74) is -1.81. The number of aliphatic hydroxyl groups excluding tert-OH is 5. The van der Waals surface area contributed by atoms with Gasteiger partial charge < -0.3 is 45.2 Å². The van der Waals surface area contributed by atoms with E-state index in [2.05, 4.69) is 6.58 Å². The molecule has 0 bridgehead atoms. The number of allylic oxidation sites excluding steroid dienone is 1. The Bertz CT molecular complexity index is 1420. The van der Waals surface area contributed by atoms with Crippen LogP contribution in [0.2, 0.25) is 0 Å². The number of carbonyl (C=O) groups excluding carboxylic acids is 2. The number of benzene rings is 1.